The van der Waals surface area contributed by atoms with Crippen LogP contribution in [-0.2, 0) is 39.2 Å². The van der Waals surface area contributed by atoms with Gasteiger partial charge in [0.25, 0.3) is 0 Å². The highest BCUT2D eigenvalue weighted by Gasteiger charge is 2.33. The third kappa shape index (κ3) is 9.90. The molecule has 0 aliphatic rings. The highest BCUT2D eigenvalue weighted by atomic mass is 32.2. The Morgan fingerprint density at radius 2 is 1.41 bits per heavy atom. The molecule has 0 heterocycles. The molecule has 0 fully saturated rings. The number of nitrogens with one attached hydrogen (secondary N) is 1. The van der Waals surface area contributed by atoms with E-state index in [1.165, 1.54) is 11.0 Å². The second-order valence-electron chi connectivity index (χ2n) is 11.5. The first-order valence-electron chi connectivity index (χ1n) is 15.1. The molecule has 0 aromatic heterocycles. The van der Waals surface area contributed by atoms with Crippen LogP contribution in [0.25, 0.3) is 0 Å². The number of hydrogen-bond donors (Lipinski definition) is 1. The molecule has 0 saturated carbocycles. The maximum atomic E-state index is 14.9. The molecule has 8 nitrogen and oxygen atoms in total. The lowest BCUT2D eigenvalue weighted by molar-refractivity contribution is -0.140. The number of halogens is 1. The Bertz CT molecular complexity index is 1680. The molecule has 242 valence electrons. The zero-order chi connectivity index (χ0) is 33.1. The molecule has 1 atom stereocenters. The molecule has 4 aromatic carbocycles. The molecule has 46 heavy (non-hydrogen) atoms. The molecular weight excluding hydrogens is 605 g/mol. The smallest absolute Gasteiger partial charge is 0.244 e. The number of benzene rings is 4. The molecule has 1 N–H and O–H groups in total. The molecule has 0 aliphatic carbocycles. The first-order chi connectivity index (χ1) is 22.0. The predicted molar refractivity (Wildman–Crippen MR) is 178 cm³/mol. The van der Waals surface area contributed by atoms with Crippen LogP contribution in [-0.4, -0.2) is 50.5 Å². The SMILES string of the molecule is CC(C)CNC(=O)[C@@H](Cc1ccccc1)N(Cc1ccccc1F)C(=O)CN(c1ccc(OCc2ccccc2)cc1)S(C)(=O)=O. The number of sulfonamides is 1. The highest BCUT2D eigenvalue weighted by Crippen LogP contribution is 2.24. The maximum absolute atomic E-state index is 14.9. The molecule has 4 aromatic rings. The van der Waals surface area contributed by atoms with E-state index >= 15 is 0 Å². The fourth-order valence-corrected chi connectivity index (χ4v) is 5.70. The number of hydrogen-bond acceptors (Lipinski definition) is 5. The largest absolute Gasteiger partial charge is 0.489 e. The number of carbonyl (C=O) groups excluding carboxylic acids is 2. The van der Waals surface area contributed by atoms with Gasteiger partial charge in [0.1, 0.15) is 30.8 Å². The van der Waals surface area contributed by atoms with Gasteiger partial charge in [0, 0.05) is 25.1 Å². The normalized spacial score (nSPS) is 11.9. The average molecular weight is 646 g/mol. The summed E-state index contributed by atoms with van der Waals surface area (Å²) in [5.74, 6) is -0.921. The van der Waals surface area contributed by atoms with Gasteiger partial charge in [-0.3, -0.25) is 13.9 Å². The van der Waals surface area contributed by atoms with E-state index in [1.54, 1.807) is 42.5 Å². The molecule has 0 saturated heterocycles. The lowest BCUT2D eigenvalue weighted by Gasteiger charge is -2.33. The second kappa shape index (κ2) is 16.0. The standard InChI is InChI=1S/C36H40FN3O5S/c1-27(2)23-38-36(42)34(22-28-12-6-4-7-13-28)39(24-30-16-10-11-17-33(30)37)35(41)25-40(46(3,43)44)31-18-20-32(21-19-31)45-26-29-14-8-5-9-15-29/h4-21,27,34H,22-26H2,1-3H3,(H,38,42)/t34-/m1/s1. The fourth-order valence-electron chi connectivity index (χ4n) is 4.85. The first-order valence-corrected chi connectivity index (χ1v) is 16.9. The van der Waals surface area contributed by atoms with E-state index in [0.717, 1.165) is 21.7 Å². The van der Waals surface area contributed by atoms with Crippen molar-refractivity contribution < 1.29 is 27.1 Å². The van der Waals surface area contributed by atoms with E-state index in [9.17, 15) is 22.4 Å². The van der Waals surface area contributed by atoms with Crippen molar-refractivity contribution in [1.82, 2.24) is 10.2 Å². The minimum absolute atomic E-state index is 0.150. The Balaban J connectivity index is 1.64. The number of amides is 2. The van der Waals surface area contributed by atoms with Crippen molar-refractivity contribution in [3.63, 3.8) is 0 Å². The van der Waals surface area contributed by atoms with E-state index in [2.05, 4.69) is 5.32 Å². The minimum Gasteiger partial charge on any atom is -0.489 e. The number of carbonyl (C=O) groups is 2. The van der Waals surface area contributed by atoms with Crippen molar-refractivity contribution >= 4 is 27.5 Å². The summed E-state index contributed by atoms with van der Waals surface area (Å²) >= 11 is 0. The minimum atomic E-state index is -3.95. The van der Waals surface area contributed by atoms with Gasteiger partial charge in [0.2, 0.25) is 21.8 Å². The predicted octanol–water partition coefficient (Wildman–Crippen LogP) is 5.58. The number of ether oxygens (including phenoxy) is 1. The quantitative estimate of drug-likeness (QED) is 0.182. The van der Waals surface area contributed by atoms with Crippen LogP contribution in [0.15, 0.2) is 109 Å². The van der Waals surface area contributed by atoms with Gasteiger partial charge >= 0.3 is 0 Å². The summed E-state index contributed by atoms with van der Waals surface area (Å²) < 4.78 is 47.9. The van der Waals surface area contributed by atoms with E-state index in [1.807, 2.05) is 74.5 Å². The van der Waals surface area contributed by atoms with Crippen LogP contribution in [0, 0.1) is 11.7 Å². The van der Waals surface area contributed by atoms with Gasteiger partial charge in [0.05, 0.1) is 11.9 Å². The number of rotatable bonds is 15. The Kier molecular flexibility index (Phi) is 11.9. The summed E-state index contributed by atoms with van der Waals surface area (Å²) in [7, 11) is -3.95. The van der Waals surface area contributed by atoms with Crippen molar-refractivity contribution in [2.24, 2.45) is 5.92 Å². The van der Waals surface area contributed by atoms with Gasteiger partial charge in [-0.25, -0.2) is 12.8 Å². The van der Waals surface area contributed by atoms with Gasteiger partial charge < -0.3 is 15.0 Å². The van der Waals surface area contributed by atoms with Gasteiger partial charge in [-0.05, 0) is 47.4 Å². The second-order valence-corrected chi connectivity index (χ2v) is 13.4. The van der Waals surface area contributed by atoms with Gasteiger partial charge in [-0.15, -0.1) is 0 Å². The van der Waals surface area contributed by atoms with Crippen LogP contribution in [0.5, 0.6) is 5.75 Å². The van der Waals surface area contributed by atoms with E-state index in [-0.39, 0.29) is 30.1 Å². The molecule has 4 rings (SSSR count). The summed E-state index contributed by atoms with van der Waals surface area (Å²) in [5, 5.41) is 2.91. The zero-order valence-electron chi connectivity index (χ0n) is 26.3. The molecular formula is C36H40FN3O5S. The Morgan fingerprint density at radius 3 is 2.00 bits per heavy atom. The summed E-state index contributed by atoms with van der Waals surface area (Å²) in [4.78, 5) is 29.1. The van der Waals surface area contributed by atoms with Gasteiger partial charge in [0.15, 0.2) is 0 Å². The van der Waals surface area contributed by atoms with Crippen LogP contribution in [0.2, 0.25) is 0 Å². The lowest BCUT2D eigenvalue weighted by Crippen LogP contribution is -2.53. The van der Waals surface area contributed by atoms with Gasteiger partial charge in [-0.1, -0.05) is 92.7 Å². The molecule has 0 bridgehead atoms. The maximum Gasteiger partial charge on any atom is 0.244 e. The lowest BCUT2D eigenvalue weighted by atomic mass is 10.0. The Labute approximate surface area is 270 Å². The average Bonchev–Trinajstić information content (AvgIpc) is 3.04. The Hall–Kier alpha value is -4.70. The first kappa shape index (κ1) is 34.2. The molecule has 0 spiro atoms. The molecule has 0 unspecified atom stereocenters. The molecule has 2 amide bonds. The van der Waals surface area contributed by atoms with Crippen LogP contribution in [0.3, 0.4) is 0 Å². The summed E-state index contributed by atoms with van der Waals surface area (Å²) in [6, 6.07) is 30.2. The van der Waals surface area contributed by atoms with Crippen molar-refractivity contribution in [1.29, 1.82) is 0 Å². The van der Waals surface area contributed by atoms with E-state index in [0.29, 0.717) is 18.9 Å². The van der Waals surface area contributed by atoms with Crippen LogP contribution < -0.4 is 14.4 Å². The number of anilines is 1. The summed E-state index contributed by atoms with van der Waals surface area (Å²) in [5.41, 5.74) is 2.23. The topological polar surface area (TPSA) is 96.0 Å². The summed E-state index contributed by atoms with van der Waals surface area (Å²) in [6.45, 7) is 3.79. The van der Waals surface area contributed by atoms with E-state index in [4.69, 9.17) is 4.74 Å². The van der Waals surface area contributed by atoms with Crippen LogP contribution in [0.1, 0.15) is 30.5 Å². The molecule has 10 heteroatoms. The van der Waals surface area contributed by atoms with Crippen molar-refractivity contribution in [2.75, 3.05) is 23.7 Å². The number of nitrogens with zero attached hydrogens (tertiary/aromatic N) is 2. The zero-order valence-corrected chi connectivity index (χ0v) is 27.1. The van der Waals surface area contributed by atoms with Crippen molar-refractivity contribution in [3.8, 4) is 5.75 Å². The van der Waals surface area contributed by atoms with Crippen molar-refractivity contribution in [3.05, 3.63) is 132 Å². The highest BCUT2D eigenvalue weighted by molar-refractivity contribution is 7.92. The van der Waals surface area contributed by atoms with Crippen LogP contribution in [0.4, 0.5) is 10.1 Å². The van der Waals surface area contributed by atoms with Crippen molar-refractivity contribution in [2.45, 2.75) is 39.5 Å². The molecule has 0 radical (unpaired) electrons. The third-order valence-electron chi connectivity index (χ3n) is 7.31. The third-order valence-corrected chi connectivity index (χ3v) is 8.45. The van der Waals surface area contributed by atoms with E-state index < -0.39 is 40.2 Å². The fraction of sp³-hybridized carbons (Fsp3) is 0.278. The molecule has 0 aliphatic heterocycles. The van der Waals surface area contributed by atoms with Gasteiger partial charge in [-0.2, -0.15) is 0 Å². The monoisotopic (exact) mass is 645 g/mol. The van der Waals surface area contributed by atoms with Crippen LogP contribution >= 0.6 is 0 Å². The Morgan fingerprint density at radius 1 is 0.826 bits per heavy atom. The summed E-state index contributed by atoms with van der Waals surface area (Å²) in [6.07, 6.45) is 1.16.